The van der Waals surface area contributed by atoms with E-state index in [1.807, 2.05) is 26.8 Å². The van der Waals surface area contributed by atoms with Crippen molar-refractivity contribution in [2.24, 2.45) is 11.3 Å². The molecule has 2 heteroatoms. The molecular formula is C10H16O2. The summed E-state index contributed by atoms with van der Waals surface area (Å²) in [4.78, 5) is 11.6. The van der Waals surface area contributed by atoms with Crippen molar-refractivity contribution in [2.75, 3.05) is 6.61 Å². The van der Waals surface area contributed by atoms with E-state index >= 15 is 0 Å². The summed E-state index contributed by atoms with van der Waals surface area (Å²) in [6.07, 6.45) is 2.65. The van der Waals surface area contributed by atoms with Crippen LogP contribution in [0.15, 0.2) is 11.6 Å². The SMILES string of the molecule is CC1=CC(CO)CC(C)(C)C1=O. The zero-order valence-corrected chi connectivity index (χ0v) is 7.92. The van der Waals surface area contributed by atoms with E-state index < -0.39 is 0 Å². The first kappa shape index (κ1) is 9.46. The Morgan fingerprint density at radius 1 is 1.67 bits per heavy atom. The van der Waals surface area contributed by atoms with Crippen molar-refractivity contribution >= 4 is 5.78 Å². The molecule has 0 radical (unpaired) electrons. The lowest BCUT2D eigenvalue weighted by Gasteiger charge is -2.31. The van der Waals surface area contributed by atoms with Gasteiger partial charge in [0, 0.05) is 17.9 Å². The molecule has 68 valence electrons. The second kappa shape index (κ2) is 3.02. The van der Waals surface area contributed by atoms with E-state index in [2.05, 4.69) is 0 Å². The normalized spacial score (nSPS) is 28.5. The van der Waals surface area contributed by atoms with Gasteiger partial charge in [0.1, 0.15) is 0 Å². The monoisotopic (exact) mass is 168 g/mol. The molecule has 0 aromatic carbocycles. The van der Waals surface area contributed by atoms with Gasteiger partial charge in [0.25, 0.3) is 0 Å². The lowest BCUT2D eigenvalue weighted by atomic mass is 9.72. The third-order valence-corrected chi connectivity index (χ3v) is 2.47. The number of ketones is 1. The third-order valence-electron chi connectivity index (χ3n) is 2.47. The molecular weight excluding hydrogens is 152 g/mol. The summed E-state index contributed by atoms with van der Waals surface area (Å²) >= 11 is 0. The van der Waals surface area contributed by atoms with Gasteiger partial charge in [0.2, 0.25) is 0 Å². The minimum absolute atomic E-state index is 0.147. The maximum absolute atomic E-state index is 11.6. The van der Waals surface area contributed by atoms with E-state index in [0.29, 0.717) is 0 Å². The van der Waals surface area contributed by atoms with Gasteiger partial charge in [-0.2, -0.15) is 0 Å². The standard InChI is InChI=1S/C10H16O2/c1-7-4-8(6-11)5-10(2,3)9(7)12/h4,8,11H,5-6H2,1-3H3. The Morgan fingerprint density at radius 2 is 2.25 bits per heavy atom. The van der Waals surface area contributed by atoms with Crippen molar-refractivity contribution in [2.45, 2.75) is 27.2 Å². The Labute approximate surface area is 73.3 Å². The van der Waals surface area contributed by atoms with Crippen molar-refractivity contribution in [3.63, 3.8) is 0 Å². The summed E-state index contributed by atoms with van der Waals surface area (Å²) in [6, 6.07) is 0. The van der Waals surface area contributed by atoms with Gasteiger partial charge in [-0.05, 0) is 18.9 Å². The molecule has 12 heavy (non-hydrogen) atoms. The molecule has 2 nitrogen and oxygen atoms in total. The fourth-order valence-electron chi connectivity index (χ4n) is 1.89. The fourth-order valence-corrected chi connectivity index (χ4v) is 1.89. The van der Waals surface area contributed by atoms with Crippen LogP contribution in [0.25, 0.3) is 0 Å². The average molecular weight is 168 g/mol. The highest BCUT2D eigenvalue weighted by Gasteiger charge is 2.34. The summed E-state index contributed by atoms with van der Waals surface area (Å²) in [6.45, 7) is 5.85. The number of carbonyl (C=O) groups is 1. The summed E-state index contributed by atoms with van der Waals surface area (Å²) < 4.78 is 0. The van der Waals surface area contributed by atoms with Crippen LogP contribution in [0.1, 0.15) is 27.2 Å². The first-order valence-corrected chi connectivity index (χ1v) is 4.31. The molecule has 1 unspecified atom stereocenters. The van der Waals surface area contributed by atoms with Crippen LogP contribution < -0.4 is 0 Å². The molecule has 0 aliphatic heterocycles. The van der Waals surface area contributed by atoms with Gasteiger partial charge in [-0.25, -0.2) is 0 Å². The minimum atomic E-state index is -0.285. The zero-order valence-electron chi connectivity index (χ0n) is 7.92. The highest BCUT2D eigenvalue weighted by Crippen LogP contribution is 2.34. The van der Waals surface area contributed by atoms with Gasteiger partial charge < -0.3 is 5.11 Å². The van der Waals surface area contributed by atoms with Gasteiger partial charge in [-0.15, -0.1) is 0 Å². The zero-order chi connectivity index (χ0) is 9.35. The first-order chi connectivity index (χ1) is 5.47. The van der Waals surface area contributed by atoms with Crippen LogP contribution in [0, 0.1) is 11.3 Å². The van der Waals surface area contributed by atoms with Crippen molar-refractivity contribution in [1.82, 2.24) is 0 Å². The Balaban J connectivity index is 2.91. The van der Waals surface area contributed by atoms with Crippen molar-refractivity contribution in [1.29, 1.82) is 0 Å². The molecule has 1 aliphatic rings. The molecule has 0 fully saturated rings. The number of allylic oxidation sites excluding steroid dienone is 1. The molecule has 0 bridgehead atoms. The molecule has 0 heterocycles. The molecule has 0 saturated heterocycles. The largest absolute Gasteiger partial charge is 0.396 e. The number of Topliss-reactive ketones (excluding diaryl/α,β-unsaturated/α-hetero) is 1. The van der Waals surface area contributed by atoms with Crippen LogP contribution in [-0.2, 0) is 4.79 Å². The van der Waals surface area contributed by atoms with E-state index in [0.717, 1.165) is 12.0 Å². The summed E-state index contributed by atoms with van der Waals surface area (Å²) in [5.74, 6) is 0.380. The van der Waals surface area contributed by atoms with Crippen LogP contribution >= 0.6 is 0 Å². The van der Waals surface area contributed by atoms with Gasteiger partial charge >= 0.3 is 0 Å². The van der Waals surface area contributed by atoms with Crippen LogP contribution in [0.5, 0.6) is 0 Å². The number of hydrogen-bond donors (Lipinski definition) is 1. The van der Waals surface area contributed by atoms with Crippen LogP contribution in [-0.4, -0.2) is 17.5 Å². The summed E-state index contributed by atoms with van der Waals surface area (Å²) in [5.41, 5.74) is 0.511. The van der Waals surface area contributed by atoms with E-state index in [1.54, 1.807) is 0 Å². The lowest BCUT2D eigenvalue weighted by Crippen LogP contribution is -2.32. The highest BCUT2D eigenvalue weighted by molar-refractivity contribution is 5.99. The minimum Gasteiger partial charge on any atom is -0.396 e. The van der Waals surface area contributed by atoms with E-state index in [4.69, 9.17) is 5.11 Å². The molecule has 0 saturated carbocycles. The number of rotatable bonds is 1. The molecule has 1 atom stereocenters. The Morgan fingerprint density at radius 3 is 2.67 bits per heavy atom. The van der Waals surface area contributed by atoms with E-state index in [-0.39, 0.29) is 23.7 Å². The van der Waals surface area contributed by atoms with Crippen LogP contribution in [0.4, 0.5) is 0 Å². The molecule has 1 rings (SSSR count). The van der Waals surface area contributed by atoms with Crippen LogP contribution in [0.3, 0.4) is 0 Å². The second-order valence-corrected chi connectivity index (χ2v) is 4.21. The van der Waals surface area contributed by atoms with Gasteiger partial charge in [0.05, 0.1) is 0 Å². The van der Waals surface area contributed by atoms with Crippen molar-refractivity contribution < 1.29 is 9.90 Å². The van der Waals surface area contributed by atoms with Gasteiger partial charge in [-0.1, -0.05) is 19.9 Å². The molecule has 0 aromatic heterocycles. The molecule has 0 spiro atoms. The second-order valence-electron chi connectivity index (χ2n) is 4.21. The van der Waals surface area contributed by atoms with Crippen molar-refractivity contribution in [3.8, 4) is 0 Å². The maximum atomic E-state index is 11.6. The molecule has 0 amide bonds. The Kier molecular flexibility index (Phi) is 2.38. The smallest absolute Gasteiger partial charge is 0.163 e. The number of aliphatic hydroxyl groups excluding tert-OH is 1. The Hall–Kier alpha value is -0.630. The molecule has 1 aliphatic carbocycles. The summed E-state index contributed by atoms with van der Waals surface area (Å²) in [5, 5.41) is 8.97. The number of carbonyl (C=O) groups excluding carboxylic acids is 1. The van der Waals surface area contributed by atoms with Crippen molar-refractivity contribution in [3.05, 3.63) is 11.6 Å². The maximum Gasteiger partial charge on any atom is 0.163 e. The van der Waals surface area contributed by atoms with Gasteiger partial charge in [-0.3, -0.25) is 4.79 Å². The lowest BCUT2D eigenvalue weighted by molar-refractivity contribution is -0.124. The Bertz CT molecular complexity index is 226. The van der Waals surface area contributed by atoms with Crippen LogP contribution in [0.2, 0.25) is 0 Å². The molecule has 1 N–H and O–H groups in total. The predicted molar refractivity (Wildman–Crippen MR) is 47.7 cm³/mol. The summed E-state index contributed by atoms with van der Waals surface area (Å²) in [7, 11) is 0. The van der Waals surface area contributed by atoms with E-state index in [1.165, 1.54) is 0 Å². The number of aliphatic hydroxyl groups is 1. The van der Waals surface area contributed by atoms with Gasteiger partial charge in [0.15, 0.2) is 5.78 Å². The highest BCUT2D eigenvalue weighted by atomic mass is 16.3. The average Bonchev–Trinajstić information content (AvgIpc) is 1.99. The fraction of sp³-hybridized carbons (Fsp3) is 0.700. The predicted octanol–water partition coefficient (Wildman–Crippen LogP) is 1.54. The first-order valence-electron chi connectivity index (χ1n) is 4.31. The number of hydrogen-bond acceptors (Lipinski definition) is 2. The quantitative estimate of drug-likeness (QED) is 0.645. The molecule has 0 aromatic rings. The third kappa shape index (κ3) is 1.58. The topological polar surface area (TPSA) is 37.3 Å². The van der Waals surface area contributed by atoms with E-state index in [9.17, 15) is 4.79 Å².